The SMILES string of the molecule is COc1ccc(N=c2scc(-c3ccc(Br)s3)n2/N=C\c2ccc(F)cc2)cc1. The van der Waals surface area contributed by atoms with Gasteiger partial charge in [0.05, 0.1) is 33.4 Å². The van der Waals surface area contributed by atoms with Crippen LogP contribution in [-0.4, -0.2) is 18.0 Å². The molecule has 0 aliphatic carbocycles. The zero-order valence-electron chi connectivity index (χ0n) is 15.3. The number of nitrogens with zero attached hydrogens (tertiary/aromatic N) is 3. The first-order valence-electron chi connectivity index (χ1n) is 8.57. The van der Waals surface area contributed by atoms with Crippen LogP contribution in [0, 0.1) is 5.82 Å². The highest BCUT2D eigenvalue weighted by molar-refractivity contribution is 9.11. The maximum atomic E-state index is 13.2. The summed E-state index contributed by atoms with van der Waals surface area (Å²) >= 11 is 6.64. The van der Waals surface area contributed by atoms with E-state index in [2.05, 4.69) is 21.0 Å². The second kappa shape index (κ2) is 8.86. The van der Waals surface area contributed by atoms with Crippen LogP contribution in [0.5, 0.6) is 5.75 Å². The molecule has 8 heteroatoms. The van der Waals surface area contributed by atoms with Crippen molar-refractivity contribution in [3.63, 3.8) is 0 Å². The van der Waals surface area contributed by atoms with E-state index >= 15 is 0 Å². The second-order valence-corrected chi connectivity index (χ2v) is 9.22. The smallest absolute Gasteiger partial charge is 0.211 e. The number of rotatable bonds is 5. The Bertz CT molecular complexity index is 1210. The molecule has 0 N–H and O–H groups in total. The third kappa shape index (κ3) is 4.72. The van der Waals surface area contributed by atoms with Crippen LogP contribution in [0.25, 0.3) is 10.6 Å². The molecular weight excluding hydrogens is 473 g/mol. The average Bonchev–Trinajstić information content (AvgIpc) is 3.34. The average molecular weight is 488 g/mol. The molecule has 2 aromatic carbocycles. The number of hydrogen-bond acceptors (Lipinski definition) is 5. The van der Waals surface area contributed by atoms with E-state index in [1.165, 1.54) is 23.5 Å². The molecule has 0 bridgehead atoms. The Labute approximate surface area is 183 Å². The summed E-state index contributed by atoms with van der Waals surface area (Å²) < 4.78 is 21.2. The number of methoxy groups -OCH3 is 1. The summed E-state index contributed by atoms with van der Waals surface area (Å²) in [6.45, 7) is 0. The zero-order chi connectivity index (χ0) is 20.2. The Morgan fingerprint density at radius 3 is 2.45 bits per heavy atom. The van der Waals surface area contributed by atoms with Crippen LogP contribution in [0.3, 0.4) is 0 Å². The van der Waals surface area contributed by atoms with Crippen LogP contribution < -0.4 is 9.54 Å². The van der Waals surface area contributed by atoms with Gasteiger partial charge in [-0.05, 0) is 70.0 Å². The first-order chi connectivity index (χ1) is 14.1. The van der Waals surface area contributed by atoms with Gasteiger partial charge >= 0.3 is 0 Å². The lowest BCUT2D eigenvalue weighted by molar-refractivity contribution is 0.415. The Morgan fingerprint density at radius 1 is 1.03 bits per heavy atom. The van der Waals surface area contributed by atoms with Gasteiger partial charge in [0, 0.05) is 5.38 Å². The third-order valence-electron chi connectivity index (χ3n) is 4.00. The van der Waals surface area contributed by atoms with Crippen molar-refractivity contribution in [1.29, 1.82) is 0 Å². The first-order valence-corrected chi connectivity index (χ1v) is 11.1. The van der Waals surface area contributed by atoms with E-state index in [4.69, 9.17) is 9.73 Å². The van der Waals surface area contributed by atoms with Crippen molar-refractivity contribution in [2.45, 2.75) is 0 Å². The fraction of sp³-hybridized carbons (Fsp3) is 0.0476. The number of hydrogen-bond donors (Lipinski definition) is 0. The van der Waals surface area contributed by atoms with Gasteiger partial charge in [-0.2, -0.15) is 5.10 Å². The number of benzene rings is 2. The molecule has 0 amide bonds. The quantitative estimate of drug-likeness (QED) is 0.304. The monoisotopic (exact) mass is 487 g/mol. The zero-order valence-corrected chi connectivity index (χ0v) is 18.5. The minimum absolute atomic E-state index is 0.273. The van der Waals surface area contributed by atoms with Crippen molar-refractivity contribution in [2.75, 3.05) is 7.11 Å². The largest absolute Gasteiger partial charge is 0.497 e. The summed E-state index contributed by atoms with van der Waals surface area (Å²) in [6.07, 6.45) is 1.70. The van der Waals surface area contributed by atoms with E-state index in [0.29, 0.717) is 0 Å². The molecule has 0 radical (unpaired) electrons. The van der Waals surface area contributed by atoms with Crippen molar-refractivity contribution in [3.05, 3.63) is 86.0 Å². The second-order valence-electron chi connectivity index (χ2n) is 5.93. The van der Waals surface area contributed by atoms with Gasteiger partial charge in [-0.25, -0.2) is 14.1 Å². The number of aromatic nitrogens is 1. The van der Waals surface area contributed by atoms with E-state index in [-0.39, 0.29) is 5.82 Å². The van der Waals surface area contributed by atoms with Crippen LogP contribution in [0.15, 0.2) is 79.9 Å². The molecule has 146 valence electrons. The summed E-state index contributed by atoms with van der Waals surface area (Å²) in [6, 6.07) is 17.8. The van der Waals surface area contributed by atoms with Crippen molar-refractivity contribution < 1.29 is 9.13 Å². The van der Waals surface area contributed by atoms with Crippen LogP contribution in [0.4, 0.5) is 10.1 Å². The van der Waals surface area contributed by atoms with Crippen LogP contribution in [0.2, 0.25) is 0 Å². The maximum Gasteiger partial charge on any atom is 0.211 e. The number of ether oxygens (including phenoxy) is 1. The molecule has 0 aliphatic rings. The lowest BCUT2D eigenvalue weighted by atomic mass is 10.2. The van der Waals surface area contributed by atoms with Gasteiger partial charge in [-0.3, -0.25) is 0 Å². The molecule has 0 unspecified atom stereocenters. The van der Waals surface area contributed by atoms with Crippen LogP contribution in [-0.2, 0) is 0 Å². The normalized spacial score (nSPS) is 12.0. The van der Waals surface area contributed by atoms with Gasteiger partial charge < -0.3 is 4.74 Å². The molecule has 0 fully saturated rings. The number of thiophene rings is 1. The highest BCUT2D eigenvalue weighted by Crippen LogP contribution is 2.31. The van der Waals surface area contributed by atoms with E-state index in [0.717, 1.165) is 36.2 Å². The van der Waals surface area contributed by atoms with Gasteiger partial charge in [0.1, 0.15) is 11.6 Å². The van der Waals surface area contributed by atoms with Gasteiger partial charge in [-0.15, -0.1) is 22.7 Å². The molecule has 0 aliphatic heterocycles. The van der Waals surface area contributed by atoms with Crippen LogP contribution in [0.1, 0.15) is 5.56 Å². The topological polar surface area (TPSA) is 38.9 Å². The molecule has 2 heterocycles. The third-order valence-corrected chi connectivity index (χ3v) is 6.46. The molecule has 4 nitrogen and oxygen atoms in total. The Morgan fingerprint density at radius 2 is 1.79 bits per heavy atom. The Kier molecular flexibility index (Phi) is 6.03. The summed E-state index contributed by atoms with van der Waals surface area (Å²) in [5.74, 6) is 0.506. The molecule has 0 atom stereocenters. The Hall–Kier alpha value is -2.55. The van der Waals surface area contributed by atoms with E-state index in [1.807, 2.05) is 41.8 Å². The minimum atomic E-state index is -0.273. The number of halogens is 2. The lowest BCUT2D eigenvalue weighted by Crippen LogP contribution is -2.11. The Balaban J connectivity index is 1.79. The van der Waals surface area contributed by atoms with Gasteiger partial charge in [0.15, 0.2) is 0 Å². The molecule has 0 spiro atoms. The van der Waals surface area contributed by atoms with Crippen molar-refractivity contribution in [3.8, 4) is 16.3 Å². The summed E-state index contributed by atoms with van der Waals surface area (Å²) in [7, 11) is 1.63. The highest BCUT2D eigenvalue weighted by Gasteiger charge is 2.10. The van der Waals surface area contributed by atoms with Gasteiger partial charge in [0.25, 0.3) is 0 Å². The highest BCUT2D eigenvalue weighted by atomic mass is 79.9. The van der Waals surface area contributed by atoms with Gasteiger partial charge in [0.2, 0.25) is 4.80 Å². The van der Waals surface area contributed by atoms with E-state index in [9.17, 15) is 4.39 Å². The standard InChI is InChI=1S/C21H15BrFN3OS2/c1-27-17-8-6-16(7-9-17)25-21-26(24-12-14-2-4-15(23)5-3-14)18(13-28-21)19-10-11-20(22)29-19/h2-13H,1H3/b24-12-,25-21?. The molecule has 0 saturated heterocycles. The first kappa shape index (κ1) is 19.8. The number of thiazole rings is 1. The van der Waals surface area contributed by atoms with Crippen molar-refractivity contribution in [2.24, 2.45) is 10.1 Å². The van der Waals surface area contributed by atoms with Crippen molar-refractivity contribution in [1.82, 2.24) is 4.68 Å². The molecule has 4 rings (SSSR count). The molecule has 0 saturated carbocycles. The van der Waals surface area contributed by atoms with Gasteiger partial charge in [-0.1, -0.05) is 12.1 Å². The summed E-state index contributed by atoms with van der Waals surface area (Å²) in [5, 5.41) is 6.66. The molecule has 4 aromatic rings. The van der Waals surface area contributed by atoms with E-state index in [1.54, 1.807) is 41.5 Å². The lowest BCUT2D eigenvalue weighted by Gasteiger charge is -2.02. The summed E-state index contributed by atoms with van der Waals surface area (Å²) in [5.41, 5.74) is 2.55. The predicted molar refractivity (Wildman–Crippen MR) is 121 cm³/mol. The maximum absolute atomic E-state index is 13.2. The van der Waals surface area contributed by atoms with E-state index < -0.39 is 0 Å². The minimum Gasteiger partial charge on any atom is -0.497 e. The molecule has 29 heavy (non-hydrogen) atoms. The predicted octanol–water partition coefficient (Wildman–Crippen LogP) is 6.30. The molecular formula is C21H15BrFN3OS2. The fourth-order valence-electron chi connectivity index (χ4n) is 2.55. The fourth-order valence-corrected chi connectivity index (χ4v) is 4.86. The summed E-state index contributed by atoms with van der Waals surface area (Å²) in [4.78, 5) is 6.54. The van der Waals surface area contributed by atoms with Crippen molar-refractivity contribution >= 4 is 50.5 Å². The molecule has 2 aromatic heterocycles. The van der Waals surface area contributed by atoms with Crippen LogP contribution >= 0.6 is 38.6 Å².